The summed E-state index contributed by atoms with van der Waals surface area (Å²) in [6, 6.07) is 12.9. The van der Waals surface area contributed by atoms with Gasteiger partial charge in [0.1, 0.15) is 23.0 Å². The van der Waals surface area contributed by atoms with Crippen LogP contribution in [0.1, 0.15) is 119 Å². The van der Waals surface area contributed by atoms with Crippen molar-refractivity contribution < 1.29 is 14.3 Å². The number of thiocarbonyl (C=S) groups is 1. The number of amidine groups is 1. The van der Waals surface area contributed by atoms with Crippen LogP contribution >= 0.6 is 71.3 Å². The Labute approximate surface area is 347 Å². The minimum atomic E-state index is -1.04. The lowest BCUT2D eigenvalue weighted by molar-refractivity contribution is -0.118. The third-order valence-corrected chi connectivity index (χ3v) is 10.8. The first-order valence-corrected chi connectivity index (χ1v) is 20.9. The normalized spacial score (nSPS) is 15.0. The zero-order valence-electron chi connectivity index (χ0n) is 30.1. The van der Waals surface area contributed by atoms with E-state index in [4.69, 9.17) is 68.4 Å². The van der Waals surface area contributed by atoms with Crippen molar-refractivity contribution in [2.24, 2.45) is 4.99 Å². The van der Waals surface area contributed by atoms with Gasteiger partial charge in [-0.1, -0.05) is 166 Å². The molecule has 1 aliphatic rings. The third-order valence-electron chi connectivity index (χ3n) is 9.33. The zero-order chi connectivity index (χ0) is 38.6. The zero-order valence-corrected chi connectivity index (χ0v) is 34.9. The van der Waals surface area contributed by atoms with E-state index < -0.39 is 17.8 Å². The lowest BCUT2D eigenvalue weighted by atomic mass is 9.96. The smallest absolute Gasteiger partial charge is 0.338 e. The molecule has 4 aromatic rings. The molecule has 0 spiro atoms. The maximum absolute atomic E-state index is 14.3. The predicted octanol–water partition coefficient (Wildman–Crippen LogP) is 12.1. The van der Waals surface area contributed by atoms with Gasteiger partial charge in [0.15, 0.2) is 4.32 Å². The summed E-state index contributed by atoms with van der Waals surface area (Å²) in [5.41, 5.74) is 5.18. The molecule has 1 unspecified atom stereocenters. The van der Waals surface area contributed by atoms with Gasteiger partial charge in [0.05, 0.1) is 38.4 Å². The molecule has 0 bridgehead atoms. The van der Waals surface area contributed by atoms with Gasteiger partial charge in [-0.25, -0.2) is 14.8 Å². The average molecular weight is 851 g/mol. The van der Waals surface area contributed by atoms with Crippen molar-refractivity contribution in [3.63, 3.8) is 0 Å². The number of fused-ring (bicyclic) bond motifs is 1. The van der Waals surface area contributed by atoms with Gasteiger partial charge in [-0.3, -0.25) is 10.2 Å². The molecule has 1 atom stereocenters. The molecule has 15 heteroatoms. The summed E-state index contributed by atoms with van der Waals surface area (Å²) in [6.45, 7) is 2.57. The van der Waals surface area contributed by atoms with Gasteiger partial charge >= 0.3 is 5.97 Å². The molecule has 1 fully saturated rings. The molecule has 5 rings (SSSR count). The van der Waals surface area contributed by atoms with E-state index in [0.29, 0.717) is 28.2 Å². The van der Waals surface area contributed by atoms with Gasteiger partial charge in [-0.05, 0) is 42.8 Å². The fraction of sp³-hybridized carbons (Fsp3) is 0.436. The number of carbonyl (C=O) groups is 2. The number of unbranched alkanes of at least 4 members (excludes halogenated alkanes) is 13. The number of aromatic nitrogens is 3. The number of nitrogens with zero attached hydrogens (tertiary/aromatic N) is 5. The predicted molar refractivity (Wildman–Crippen MR) is 228 cm³/mol. The van der Waals surface area contributed by atoms with Crippen LogP contribution in [0.5, 0.6) is 0 Å². The molecule has 54 heavy (non-hydrogen) atoms. The number of esters is 1. The monoisotopic (exact) mass is 848 g/mol. The number of ether oxygens (including phenoxy) is 1. The highest BCUT2D eigenvalue weighted by molar-refractivity contribution is 8.11. The van der Waals surface area contributed by atoms with Crippen molar-refractivity contribution in [1.29, 1.82) is 0 Å². The van der Waals surface area contributed by atoms with Crippen molar-refractivity contribution in [2.45, 2.75) is 103 Å². The molecule has 3 aromatic carbocycles. The molecule has 9 nitrogen and oxygen atoms in total. The number of rotatable bonds is 19. The number of aliphatic imine (C=N–C) groups is 1. The first-order valence-electron chi connectivity index (χ1n) is 18.5. The first kappa shape index (κ1) is 42.2. The van der Waals surface area contributed by atoms with E-state index in [1.165, 1.54) is 98.5 Å². The molecule has 0 aliphatic carbocycles. The van der Waals surface area contributed by atoms with Gasteiger partial charge in [0, 0.05) is 10.6 Å². The Balaban J connectivity index is 1.25. The van der Waals surface area contributed by atoms with E-state index in [-0.39, 0.29) is 42.2 Å². The Morgan fingerprint density at radius 1 is 0.870 bits per heavy atom. The van der Waals surface area contributed by atoms with Crippen LogP contribution in [0.15, 0.2) is 53.5 Å². The summed E-state index contributed by atoms with van der Waals surface area (Å²) in [4.78, 5) is 32.2. The van der Waals surface area contributed by atoms with E-state index in [2.05, 4.69) is 35.3 Å². The number of hydrogen-bond donors (Lipinski definition) is 2. The molecule has 1 aromatic heterocycles. The fourth-order valence-corrected chi connectivity index (χ4v) is 7.93. The summed E-state index contributed by atoms with van der Waals surface area (Å²) in [6.07, 6.45) is 17.5. The molecule has 1 aliphatic heterocycles. The summed E-state index contributed by atoms with van der Waals surface area (Å²) in [7, 11) is 0. The van der Waals surface area contributed by atoms with E-state index in [1.54, 1.807) is 30.3 Å². The van der Waals surface area contributed by atoms with Crippen LogP contribution in [0.25, 0.3) is 11.0 Å². The van der Waals surface area contributed by atoms with E-state index >= 15 is 0 Å². The average Bonchev–Trinajstić information content (AvgIpc) is 3.71. The van der Waals surface area contributed by atoms with Crippen molar-refractivity contribution in [3.8, 4) is 0 Å². The highest BCUT2D eigenvalue weighted by Gasteiger charge is 2.42. The van der Waals surface area contributed by atoms with Crippen LogP contribution in [-0.2, 0) is 9.53 Å². The molecule has 1 N–H and O–H groups in total. The topological polar surface area (TPSA) is 102 Å². The first-order chi connectivity index (χ1) is 26.1. The van der Waals surface area contributed by atoms with Gasteiger partial charge in [-0.2, -0.15) is 4.68 Å². The molecule has 288 valence electrons. The van der Waals surface area contributed by atoms with Crippen molar-refractivity contribution in [3.05, 3.63) is 79.7 Å². The van der Waals surface area contributed by atoms with E-state index in [1.807, 2.05) is 0 Å². The number of thiol groups is 1. The molecule has 0 radical (unpaired) electrons. The van der Waals surface area contributed by atoms with Gasteiger partial charge in [0.2, 0.25) is 0 Å². The Hall–Kier alpha value is -2.93. The maximum Gasteiger partial charge on any atom is 0.338 e. The second kappa shape index (κ2) is 20.8. The molecule has 1 amide bonds. The standard InChI is InChI=1S/C39H44Cl4N6O3S2/c1-2-3-4-5-6-7-8-9-10-11-12-13-14-15-21-52-38(51)25-19-20-28(41)31(22-25)44-36-33(27-17-16-18-32-34(27)45-47-48(32)39(53)54)37(50)49(46-36)35-29(42)23-26(40)24-30(35)43/h16-20,22-24,33H,2-15,21H2,1H3,(H,44,46)(H,53,54). The number of hydrogen-bond acceptors (Lipinski definition) is 7. The van der Waals surface area contributed by atoms with Gasteiger partial charge < -0.3 is 4.74 Å². The Morgan fingerprint density at radius 2 is 1.48 bits per heavy atom. The molecule has 1 saturated heterocycles. The highest BCUT2D eigenvalue weighted by Crippen LogP contribution is 2.41. The van der Waals surface area contributed by atoms with E-state index in [0.717, 1.165) is 19.3 Å². The van der Waals surface area contributed by atoms with E-state index in [9.17, 15) is 9.59 Å². The second-order valence-electron chi connectivity index (χ2n) is 13.3. The summed E-state index contributed by atoms with van der Waals surface area (Å²) >= 11 is 35.4. The summed E-state index contributed by atoms with van der Waals surface area (Å²) in [5.74, 6) is -1.81. The van der Waals surface area contributed by atoms with Gasteiger partial charge in [0.25, 0.3) is 5.91 Å². The molecular formula is C39H44Cl4N6O3S2. The largest absolute Gasteiger partial charge is 0.462 e. The fourth-order valence-electron chi connectivity index (χ4n) is 6.50. The second-order valence-corrected chi connectivity index (χ2v) is 16.1. The Morgan fingerprint density at radius 3 is 2.09 bits per heavy atom. The van der Waals surface area contributed by atoms with Crippen LogP contribution in [0, 0.1) is 0 Å². The van der Waals surface area contributed by atoms with Crippen LogP contribution in [-0.4, -0.2) is 43.6 Å². The van der Waals surface area contributed by atoms with Crippen LogP contribution in [0.4, 0.5) is 11.4 Å². The van der Waals surface area contributed by atoms with Crippen LogP contribution in [0.2, 0.25) is 20.1 Å². The number of carbonyl (C=O) groups excluding carboxylic acids is 2. The number of anilines is 1. The summed E-state index contributed by atoms with van der Waals surface area (Å²) in [5, 5.41) is 10.5. The van der Waals surface area contributed by atoms with Gasteiger partial charge in [-0.15, -0.1) is 17.7 Å². The van der Waals surface area contributed by atoms with Crippen LogP contribution < -0.4 is 10.4 Å². The number of nitrogens with one attached hydrogen (secondary N) is 1. The van der Waals surface area contributed by atoms with Crippen LogP contribution in [0.3, 0.4) is 0 Å². The number of benzene rings is 3. The molecule has 2 heterocycles. The van der Waals surface area contributed by atoms with Crippen molar-refractivity contribution >= 4 is 116 Å². The minimum absolute atomic E-state index is 0.138. The highest BCUT2D eigenvalue weighted by atomic mass is 35.5. The number of hydrazine groups is 1. The van der Waals surface area contributed by atoms with Crippen molar-refractivity contribution in [1.82, 2.24) is 20.4 Å². The third kappa shape index (κ3) is 10.9. The quantitative estimate of drug-likeness (QED) is 0.0419. The molecular weight excluding hydrogens is 806 g/mol. The lowest BCUT2D eigenvalue weighted by Gasteiger charge is -2.19. The number of amides is 1. The molecule has 0 saturated carbocycles. The number of halogens is 4. The SMILES string of the molecule is CCCCCCCCCCCCCCCCOC(=O)c1ccc(Cl)c(N=C2NN(c3c(Cl)cc(Cl)cc3Cl)C(=O)C2c2cccc3c2nnn3C(=S)S)c1. The Kier molecular flexibility index (Phi) is 16.3. The lowest BCUT2D eigenvalue weighted by Crippen LogP contribution is -2.36. The van der Waals surface area contributed by atoms with Crippen molar-refractivity contribution in [2.75, 3.05) is 11.6 Å². The summed E-state index contributed by atoms with van der Waals surface area (Å²) < 4.78 is 7.17. The Bertz CT molecular complexity index is 1970. The maximum atomic E-state index is 14.3. The minimum Gasteiger partial charge on any atom is -0.462 e.